The van der Waals surface area contributed by atoms with Crippen LogP contribution >= 0.6 is 24.8 Å². The number of rotatable bonds is 0. The Bertz CT molecular complexity index is 116. The second-order valence-corrected chi connectivity index (χ2v) is 2.01. The normalized spacial score (nSPS) is 5.20. The maximum absolute atomic E-state index is 8.48. The van der Waals surface area contributed by atoms with Crippen LogP contribution in [0.5, 0.6) is 0 Å². The Kier molecular flexibility index (Phi) is 72.0. The molecule has 96 valence electrons. The Balaban J connectivity index is -0.0000000184. The zero-order chi connectivity index (χ0) is 10.7. The van der Waals surface area contributed by atoms with E-state index in [-0.39, 0.29) is 81.0 Å². The Hall–Kier alpha value is 2.54. The molecule has 0 aliphatic heterocycles. The molecule has 2 N–H and O–H groups in total. The molecule has 0 aliphatic rings. The monoisotopic (exact) mass is 585 g/mol. The van der Waals surface area contributed by atoms with Crippen LogP contribution in [0.3, 0.4) is 0 Å². The minimum atomic E-state index is -3.37. The molecule has 10 nitrogen and oxygen atoms in total. The van der Waals surface area contributed by atoms with Gasteiger partial charge < -0.3 is 34.8 Å². The third kappa shape index (κ3) is 542. The molecular formula is H2Ho2O10P3+3. The van der Waals surface area contributed by atoms with Gasteiger partial charge in [0.1, 0.15) is 0 Å². The summed E-state index contributed by atoms with van der Waals surface area (Å²) >= 11 is 0. The molecule has 0 unspecified atom stereocenters. The van der Waals surface area contributed by atoms with Crippen LogP contribution in [0.25, 0.3) is 0 Å². The quantitative estimate of drug-likeness (QED) is 0.195. The van der Waals surface area contributed by atoms with Crippen LogP contribution in [0.1, 0.15) is 0 Å². The molecule has 15 heteroatoms. The molecule has 0 bridgehead atoms. The van der Waals surface area contributed by atoms with E-state index in [2.05, 4.69) is 0 Å². The maximum Gasteiger partial charge on any atom is 3.00 e. The molecule has 0 rings (SSSR count). The van der Waals surface area contributed by atoms with Crippen LogP contribution in [-0.4, -0.2) is 5.48 Å². The molecule has 0 fully saturated rings. The van der Waals surface area contributed by atoms with Crippen molar-refractivity contribution in [2.45, 2.75) is 0 Å². The topological polar surface area (TPSA) is 221 Å². The van der Waals surface area contributed by atoms with Gasteiger partial charge in [-0.2, -0.15) is 0 Å². The molecule has 0 heterocycles. The van der Waals surface area contributed by atoms with E-state index in [0.717, 1.165) is 0 Å². The Morgan fingerprint density at radius 3 is 0.533 bits per heavy atom. The van der Waals surface area contributed by atoms with Gasteiger partial charge in [-0.25, -0.2) is 0 Å². The summed E-state index contributed by atoms with van der Waals surface area (Å²) in [4.78, 5) is 50.9. The van der Waals surface area contributed by atoms with Crippen molar-refractivity contribution in [3.05, 3.63) is 0 Å². The van der Waals surface area contributed by atoms with Crippen molar-refractivity contribution in [1.82, 2.24) is 0 Å². The van der Waals surface area contributed by atoms with Gasteiger partial charge in [0, 0.05) is 0 Å². The van der Waals surface area contributed by atoms with Crippen LogP contribution in [-0.2, 0) is 13.7 Å². The second-order valence-electron chi connectivity index (χ2n) is 0.671. The smallest absolute Gasteiger partial charge is 0.598 e. The van der Waals surface area contributed by atoms with Crippen LogP contribution in [0.2, 0.25) is 0 Å². The van der Waals surface area contributed by atoms with Crippen molar-refractivity contribution in [1.29, 1.82) is 0 Å². The summed E-state index contributed by atoms with van der Waals surface area (Å²) in [5.74, 6) is 0. The van der Waals surface area contributed by atoms with E-state index in [4.69, 9.17) is 43.1 Å². The molecule has 0 amide bonds. The van der Waals surface area contributed by atoms with Gasteiger partial charge in [-0.3, -0.25) is 0 Å². The van der Waals surface area contributed by atoms with Crippen molar-refractivity contribution in [2.75, 3.05) is 0 Å². The van der Waals surface area contributed by atoms with E-state index < -0.39 is 24.8 Å². The third-order valence-corrected chi connectivity index (χ3v) is 0. The predicted octanol–water partition coefficient (Wildman–Crippen LogP) is -5.73. The Morgan fingerprint density at radius 2 is 0.533 bits per heavy atom. The molecule has 0 aromatic heterocycles. The van der Waals surface area contributed by atoms with Gasteiger partial charge in [0.15, 0.2) is 0 Å². The SMILES string of the molecule is O.O=[P+]([O-])[O-].O=[P+]([O-])[O-].O=[P+]([O-])[O-].[Ho+3].[Ho+3]. The fourth-order valence-electron chi connectivity index (χ4n) is 0. The van der Waals surface area contributed by atoms with Crippen molar-refractivity contribution < 1.29 is 124 Å². The first-order valence-electron chi connectivity index (χ1n) is 1.64. The molecule has 0 saturated heterocycles. The van der Waals surface area contributed by atoms with Gasteiger partial charge in [-0.05, 0) is 0 Å². The average Bonchev–Trinajstić information content (AvgIpc) is 1.54. The first kappa shape index (κ1) is 36.0. The van der Waals surface area contributed by atoms with Gasteiger partial charge in [-0.1, -0.05) is 13.7 Å². The molecule has 0 aliphatic carbocycles. The van der Waals surface area contributed by atoms with Crippen molar-refractivity contribution in [3.8, 4) is 0 Å². The summed E-state index contributed by atoms with van der Waals surface area (Å²) in [6.45, 7) is 0. The first-order chi connectivity index (χ1) is 5.20. The van der Waals surface area contributed by atoms with Crippen molar-refractivity contribution >= 4 is 24.8 Å². The summed E-state index contributed by atoms with van der Waals surface area (Å²) in [5, 5.41) is 0. The molecule has 0 spiro atoms. The minimum Gasteiger partial charge on any atom is -0.598 e. The largest absolute Gasteiger partial charge is 3.00 e. The maximum atomic E-state index is 8.48. The van der Waals surface area contributed by atoms with E-state index in [1.165, 1.54) is 0 Å². The molecular weight excluding hydrogens is 583 g/mol. The molecule has 0 aromatic carbocycles. The molecule has 0 aromatic rings. The summed E-state index contributed by atoms with van der Waals surface area (Å²) in [7, 11) is -10.1. The van der Waals surface area contributed by atoms with Gasteiger partial charge in [0.05, 0.1) is 0 Å². The van der Waals surface area contributed by atoms with Gasteiger partial charge in [0.2, 0.25) is 0 Å². The van der Waals surface area contributed by atoms with E-state index in [9.17, 15) is 0 Å². The van der Waals surface area contributed by atoms with Crippen molar-refractivity contribution in [2.24, 2.45) is 0 Å². The Morgan fingerprint density at radius 1 is 0.533 bits per heavy atom. The number of hydrogen-bond donors (Lipinski definition) is 0. The standard InChI is InChI=1S/2Ho.3HO3P.H2O/c;;3*1-4(2)3;/h;;3*(H,1,2,3);1H2/q2*+3;;;;/p-3. The predicted molar refractivity (Wildman–Crippen MR) is 26.4 cm³/mol. The first-order valence-corrected chi connectivity index (χ1v) is 4.93. The van der Waals surface area contributed by atoms with Gasteiger partial charge in [0.25, 0.3) is 24.8 Å². The fourth-order valence-corrected chi connectivity index (χ4v) is 0. The number of hydrogen-bond acceptors (Lipinski definition) is 9. The van der Waals surface area contributed by atoms with Gasteiger partial charge in [-0.15, -0.1) is 0 Å². The van der Waals surface area contributed by atoms with Crippen LogP contribution in [0.15, 0.2) is 0 Å². The van der Waals surface area contributed by atoms with Crippen LogP contribution < -0.4 is 29.4 Å². The van der Waals surface area contributed by atoms with E-state index in [1.807, 2.05) is 0 Å². The Labute approximate surface area is 146 Å². The summed E-state index contributed by atoms with van der Waals surface area (Å²) in [6, 6.07) is 0. The van der Waals surface area contributed by atoms with Gasteiger partial charge >= 0.3 is 75.5 Å². The molecule has 0 saturated carbocycles. The molecule has 0 atom stereocenters. The molecule has 0 radical (unpaired) electrons. The summed E-state index contributed by atoms with van der Waals surface area (Å²) in [5.41, 5.74) is 0. The summed E-state index contributed by atoms with van der Waals surface area (Å²) in [6.07, 6.45) is 0. The fraction of sp³-hybridized carbons (Fsp3) is 0. The van der Waals surface area contributed by atoms with E-state index in [1.54, 1.807) is 0 Å². The van der Waals surface area contributed by atoms with E-state index >= 15 is 0 Å². The molecule has 15 heavy (non-hydrogen) atoms. The zero-order valence-corrected chi connectivity index (χ0v) is 12.7. The minimum absolute atomic E-state index is 0. The zero-order valence-electron chi connectivity index (χ0n) is 6.12. The average molecular weight is 585 g/mol. The van der Waals surface area contributed by atoms with Crippen molar-refractivity contribution in [3.63, 3.8) is 0 Å². The van der Waals surface area contributed by atoms with Crippen LogP contribution in [0, 0.1) is 75.5 Å². The second kappa shape index (κ2) is 30.0. The van der Waals surface area contributed by atoms with E-state index in [0.29, 0.717) is 0 Å². The third-order valence-electron chi connectivity index (χ3n) is 0. The summed E-state index contributed by atoms with van der Waals surface area (Å²) < 4.78 is 25.4. The van der Waals surface area contributed by atoms with Crippen LogP contribution in [0.4, 0.5) is 0 Å².